The van der Waals surface area contributed by atoms with E-state index in [0.29, 0.717) is 18.0 Å². The van der Waals surface area contributed by atoms with Crippen LogP contribution in [0.15, 0.2) is 12.1 Å². The zero-order chi connectivity index (χ0) is 14.4. The minimum absolute atomic E-state index is 0.150. The Kier molecular flexibility index (Phi) is 5.76. The number of carbonyl (C=O) groups is 1. The molecule has 0 spiro atoms. The van der Waals surface area contributed by atoms with Crippen molar-refractivity contribution in [2.45, 2.75) is 46.3 Å². The Morgan fingerprint density at radius 1 is 1.47 bits per heavy atom. The smallest absolute Gasteiger partial charge is 0.341 e. The molecule has 0 unspecified atom stereocenters. The van der Waals surface area contributed by atoms with Gasteiger partial charge in [0.05, 0.1) is 18.8 Å². The molecule has 0 fully saturated rings. The van der Waals surface area contributed by atoms with Crippen molar-refractivity contribution in [1.29, 1.82) is 0 Å². The van der Waals surface area contributed by atoms with E-state index >= 15 is 0 Å². The molecule has 5 nitrogen and oxygen atoms in total. The molecule has 0 saturated heterocycles. The van der Waals surface area contributed by atoms with E-state index in [1.165, 1.54) is 0 Å². The van der Waals surface area contributed by atoms with Crippen molar-refractivity contribution in [2.24, 2.45) is 0 Å². The molecule has 0 aliphatic rings. The van der Waals surface area contributed by atoms with E-state index in [0.717, 1.165) is 12.1 Å². The molecule has 0 aliphatic carbocycles. The Hall–Kier alpha value is -1.62. The number of nitrogens with zero attached hydrogens (tertiary/aromatic N) is 1. The summed E-state index contributed by atoms with van der Waals surface area (Å²) in [4.78, 5) is 16.2. The van der Waals surface area contributed by atoms with Gasteiger partial charge < -0.3 is 15.2 Å². The first-order valence-corrected chi connectivity index (χ1v) is 6.58. The van der Waals surface area contributed by atoms with E-state index in [9.17, 15) is 9.90 Å². The average molecular weight is 266 g/mol. The lowest BCUT2D eigenvalue weighted by molar-refractivity contribution is 0.0526. The molecule has 0 aliphatic heterocycles. The standard InChI is InChI=1S/C14H22N2O3/c1-5-12(10(4)17)16-13-11(14(18)19-6-2)8-7-9(3)15-13/h7-8,10,12,17H,5-6H2,1-4H3,(H,15,16)/t10-,12-/m0/s1. The summed E-state index contributed by atoms with van der Waals surface area (Å²) in [5.74, 6) is 0.0594. The Morgan fingerprint density at radius 3 is 2.68 bits per heavy atom. The highest BCUT2D eigenvalue weighted by molar-refractivity contribution is 5.94. The maximum Gasteiger partial charge on any atom is 0.341 e. The molecule has 5 heteroatoms. The SMILES string of the molecule is CCOC(=O)c1ccc(C)nc1N[C@@H](CC)[C@H](C)O. The predicted octanol–water partition coefficient (Wildman–Crippen LogP) is 2.14. The Labute approximate surface area is 114 Å². The monoisotopic (exact) mass is 266 g/mol. The van der Waals surface area contributed by atoms with Gasteiger partial charge in [-0.3, -0.25) is 0 Å². The van der Waals surface area contributed by atoms with Gasteiger partial charge in [-0.2, -0.15) is 0 Å². The van der Waals surface area contributed by atoms with Crippen LogP contribution in [-0.2, 0) is 4.74 Å². The molecule has 0 saturated carbocycles. The second kappa shape index (κ2) is 7.09. The zero-order valence-corrected chi connectivity index (χ0v) is 11.9. The van der Waals surface area contributed by atoms with Crippen LogP contribution in [0.4, 0.5) is 5.82 Å². The van der Waals surface area contributed by atoms with E-state index in [-0.39, 0.29) is 6.04 Å². The van der Waals surface area contributed by atoms with Gasteiger partial charge in [0.2, 0.25) is 0 Å². The summed E-state index contributed by atoms with van der Waals surface area (Å²) in [6, 6.07) is 3.31. The lowest BCUT2D eigenvalue weighted by Gasteiger charge is -2.21. The fourth-order valence-corrected chi connectivity index (χ4v) is 1.78. The number of carbonyl (C=O) groups excluding carboxylic acids is 1. The molecule has 2 N–H and O–H groups in total. The molecule has 0 amide bonds. The fraction of sp³-hybridized carbons (Fsp3) is 0.571. The van der Waals surface area contributed by atoms with E-state index in [2.05, 4.69) is 10.3 Å². The number of aromatic nitrogens is 1. The van der Waals surface area contributed by atoms with Crippen molar-refractivity contribution in [1.82, 2.24) is 4.98 Å². The van der Waals surface area contributed by atoms with Crippen LogP contribution in [0.5, 0.6) is 0 Å². The quantitative estimate of drug-likeness (QED) is 0.772. The highest BCUT2D eigenvalue weighted by Gasteiger charge is 2.19. The van der Waals surface area contributed by atoms with Crippen molar-refractivity contribution in [3.63, 3.8) is 0 Å². The summed E-state index contributed by atoms with van der Waals surface area (Å²) in [6.07, 6.45) is 0.206. The minimum Gasteiger partial charge on any atom is -0.462 e. The van der Waals surface area contributed by atoms with E-state index < -0.39 is 12.1 Å². The van der Waals surface area contributed by atoms with Crippen molar-refractivity contribution in [2.75, 3.05) is 11.9 Å². The summed E-state index contributed by atoms with van der Waals surface area (Å²) >= 11 is 0. The van der Waals surface area contributed by atoms with Crippen LogP contribution in [0.2, 0.25) is 0 Å². The summed E-state index contributed by atoms with van der Waals surface area (Å²) in [7, 11) is 0. The van der Waals surface area contributed by atoms with Crippen LogP contribution in [-0.4, -0.2) is 34.8 Å². The molecular formula is C14H22N2O3. The summed E-state index contributed by atoms with van der Waals surface area (Å²) < 4.78 is 5.00. The van der Waals surface area contributed by atoms with Crippen molar-refractivity contribution < 1.29 is 14.6 Å². The normalized spacial score (nSPS) is 13.7. The number of hydrogen-bond donors (Lipinski definition) is 2. The number of aliphatic hydroxyl groups excluding tert-OH is 1. The van der Waals surface area contributed by atoms with Gasteiger partial charge in [-0.05, 0) is 39.3 Å². The van der Waals surface area contributed by atoms with Crippen LogP contribution < -0.4 is 5.32 Å². The highest BCUT2D eigenvalue weighted by atomic mass is 16.5. The van der Waals surface area contributed by atoms with Gasteiger partial charge >= 0.3 is 5.97 Å². The molecular weight excluding hydrogens is 244 g/mol. The molecule has 0 aromatic carbocycles. The van der Waals surface area contributed by atoms with Gasteiger partial charge in [0.15, 0.2) is 0 Å². The number of rotatable bonds is 6. The summed E-state index contributed by atoms with van der Waals surface area (Å²) in [5, 5.41) is 12.8. The molecule has 19 heavy (non-hydrogen) atoms. The number of nitrogens with one attached hydrogen (secondary N) is 1. The number of ether oxygens (including phenoxy) is 1. The second-order valence-corrected chi connectivity index (χ2v) is 4.47. The van der Waals surface area contributed by atoms with Crippen molar-refractivity contribution in [3.05, 3.63) is 23.4 Å². The molecule has 0 bridgehead atoms. The van der Waals surface area contributed by atoms with Gasteiger partial charge in [0.25, 0.3) is 0 Å². The molecule has 1 heterocycles. The lowest BCUT2D eigenvalue weighted by atomic mass is 10.1. The summed E-state index contributed by atoms with van der Waals surface area (Å²) in [6.45, 7) is 7.60. The number of esters is 1. The van der Waals surface area contributed by atoms with Crippen LogP contribution in [0.25, 0.3) is 0 Å². The molecule has 1 rings (SSSR count). The van der Waals surface area contributed by atoms with Crippen molar-refractivity contribution in [3.8, 4) is 0 Å². The number of anilines is 1. The zero-order valence-electron chi connectivity index (χ0n) is 11.9. The Balaban J connectivity index is 3.03. The third kappa shape index (κ3) is 4.21. The van der Waals surface area contributed by atoms with Crippen LogP contribution in [0.1, 0.15) is 43.2 Å². The highest BCUT2D eigenvalue weighted by Crippen LogP contribution is 2.17. The number of pyridine rings is 1. The van der Waals surface area contributed by atoms with Crippen molar-refractivity contribution >= 4 is 11.8 Å². The largest absolute Gasteiger partial charge is 0.462 e. The Bertz CT molecular complexity index is 433. The second-order valence-electron chi connectivity index (χ2n) is 4.47. The van der Waals surface area contributed by atoms with E-state index in [1.807, 2.05) is 13.8 Å². The third-order valence-corrected chi connectivity index (χ3v) is 2.87. The first-order valence-electron chi connectivity index (χ1n) is 6.58. The van der Waals surface area contributed by atoms with Gasteiger partial charge in [-0.15, -0.1) is 0 Å². The van der Waals surface area contributed by atoms with Crippen LogP contribution >= 0.6 is 0 Å². The maximum atomic E-state index is 11.9. The average Bonchev–Trinajstić information content (AvgIpc) is 2.35. The van der Waals surface area contributed by atoms with E-state index in [1.54, 1.807) is 26.0 Å². The molecule has 2 atom stereocenters. The molecule has 1 aromatic heterocycles. The number of hydrogen-bond acceptors (Lipinski definition) is 5. The maximum absolute atomic E-state index is 11.9. The summed E-state index contributed by atoms with van der Waals surface area (Å²) in [5.41, 5.74) is 1.20. The predicted molar refractivity (Wildman–Crippen MR) is 74.3 cm³/mol. The number of aryl methyl sites for hydroxylation is 1. The number of aliphatic hydroxyl groups is 1. The van der Waals surface area contributed by atoms with Crippen LogP contribution in [0.3, 0.4) is 0 Å². The van der Waals surface area contributed by atoms with Gasteiger partial charge in [0, 0.05) is 5.69 Å². The Morgan fingerprint density at radius 2 is 2.16 bits per heavy atom. The molecule has 106 valence electrons. The minimum atomic E-state index is -0.526. The molecule has 1 aromatic rings. The lowest BCUT2D eigenvalue weighted by Crippen LogP contribution is -2.32. The van der Waals surface area contributed by atoms with Gasteiger partial charge in [-0.1, -0.05) is 6.92 Å². The van der Waals surface area contributed by atoms with E-state index in [4.69, 9.17) is 4.74 Å². The third-order valence-electron chi connectivity index (χ3n) is 2.87. The first kappa shape index (κ1) is 15.4. The first-order chi connectivity index (χ1) is 8.99. The topological polar surface area (TPSA) is 71.5 Å². The fourth-order valence-electron chi connectivity index (χ4n) is 1.78. The van der Waals surface area contributed by atoms with Gasteiger partial charge in [-0.25, -0.2) is 9.78 Å². The van der Waals surface area contributed by atoms with Gasteiger partial charge in [0.1, 0.15) is 11.4 Å². The van der Waals surface area contributed by atoms with Crippen LogP contribution in [0, 0.1) is 6.92 Å². The molecule has 0 radical (unpaired) electrons.